The Morgan fingerprint density at radius 1 is 1.12 bits per heavy atom. The summed E-state index contributed by atoms with van der Waals surface area (Å²) in [5.41, 5.74) is 6.87. The Hall–Kier alpha value is -2.64. The second-order valence-corrected chi connectivity index (χ2v) is 5.57. The number of rotatable bonds is 9. The topological polar surface area (TPSA) is 102 Å². The van der Waals surface area contributed by atoms with Gasteiger partial charge in [0.2, 0.25) is 5.91 Å². The van der Waals surface area contributed by atoms with Gasteiger partial charge in [0, 0.05) is 19.2 Å². The first-order valence-electron chi connectivity index (χ1n) is 8.11. The van der Waals surface area contributed by atoms with E-state index in [1.807, 2.05) is 30.3 Å². The monoisotopic (exact) mass is 378 g/mol. The third kappa shape index (κ3) is 6.34. The second-order valence-electron chi connectivity index (χ2n) is 5.57. The van der Waals surface area contributed by atoms with E-state index in [1.54, 1.807) is 23.1 Å². The maximum atomic E-state index is 12.6. The molecule has 3 N–H and O–H groups in total. The zero-order chi connectivity index (χ0) is 18.1. The highest BCUT2D eigenvalue weighted by atomic mass is 35.5. The highest BCUT2D eigenvalue weighted by Gasteiger charge is 2.16. The average Bonchev–Trinajstić information content (AvgIpc) is 2.64. The first-order chi connectivity index (χ1) is 12.1. The van der Waals surface area contributed by atoms with Gasteiger partial charge in [0.25, 0.3) is 5.69 Å². The molecule has 0 aliphatic carbocycles. The van der Waals surface area contributed by atoms with Crippen LogP contribution in [0.25, 0.3) is 0 Å². The summed E-state index contributed by atoms with van der Waals surface area (Å²) in [6, 6.07) is 16.0. The number of nitro groups is 1. The molecule has 0 fully saturated rings. The molecule has 2 rings (SSSR count). The number of amides is 1. The summed E-state index contributed by atoms with van der Waals surface area (Å²) >= 11 is 0. The van der Waals surface area contributed by atoms with Gasteiger partial charge >= 0.3 is 0 Å². The van der Waals surface area contributed by atoms with Gasteiger partial charge in [-0.05, 0) is 24.6 Å². The van der Waals surface area contributed by atoms with Crippen LogP contribution in [0.15, 0.2) is 54.6 Å². The van der Waals surface area contributed by atoms with Crippen molar-refractivity contribution in [2.24, 2.45) is 5.73 Å². The van der Waals surface area contributed by atoms with E-state index < -0.39 is 4.92 Å². The fourth-order valence-electron chi connectivity index (χ4n) is 2.44. The third-order valence-corrected chi connectivity index (χ3v) is 3.73. The average molecular weight is 379 g/mol. The van der Waals surface area contributed by atoms with E-state index in [0.29, 0.717) is 31.7 Å². The number of nitrogens with zero attached hydrogens (tertiary/aromatic N) is 2. The molecule has 0 unspecified atom stereocenters. The molecule has 26 heavy (non-hydrogen) atoms. The number of hydrogen-bond acceptors (Lipinski definition) is 5. The Morgan fingerprint density at radius 3 is 2.42 bits per heavy atom. The molecule has 7 nitrogen and oxygen atoms in total. The number of halogens is 1. The molecule has 0 heterocycles. The van der Waals surface area contributed by atoms with Gasteiger partial charge in [0.05, 0.1) is 11.5 Å². The summed E-state index contributed by atoms with van der Waals surface area (Å²) < 4.78 is 0. The van der Waals surface area contributed by atoms with Crippen molar-refractivity contribution in [3.63, 3.8) is 0 Å². The summed E-state index contributed by atoms with van der Waals surface area (Å²) in [6.45, 7) is 1.51. The van der Waals surface area contributed by atoms with E-state index in [4.69, 9.17) is 5.73 Å². The number of anilines is 1. The molecule has 0 saturated heterocycles. The van der Waals surface area contributed by atoms with Crippen molar-refractivity contribution >= 4 is 29.7 Å². The Kier molecular flexibility index (Phi) is 9.11. The molecular weight excluding hydrogens is 356 g/mol. The lowest BCUT2D eigenvalue weighted by Gasteiger charge is -2.23. The number of carbonyl (C=O) groups excluding carboxylic acids is 1. The van der Waals surface area contributed by atoms with Gasteiger partial charge in [0.15, 0.2) is 0 Å². The van der Waals surface area contributed by atoms with Crippen LogP contribution in [0.1, 0.15) is 12.0 Å². The molecule has 0 spiro atoms. The normalized spacial score (nSPS) is 9.88. The summed E-state index contributed by atoms with van der Waals surface area (Å²) in [7, 11) is 0. The quantitative estimate of drug-likeness (QED) is 0.516. The Labute approximate surface area is 158 Å². The number of hydrogen-bond donors (Lipinski definition) is 2. The molecule has 2 aromatic rings. The van der Waals surface area contributed by atoms with Gasteiger partial charge in [-0.3, -0.25) is 14.9 Å². The van der Waals surface area contributed by atoms with Crippen LogP contribution in [0.2, 0.25) is 0 Å². The van der Waals surface area contributed by atoms with Crippen molar-refractivity contribution in [2.75, 3.05) is 25.0 Å². The van der Waals surface area contributed by atoms with Crippen molar-refractivity contribution in [3.8, 4) is 0 Å². The van der Waals surface area contributed by atoms with Crippen LogP contribution in [-0.4, -0.2) is 35.4 Å². The standard InChI is InChI=1S/C18H22N4O3.ClH/c19-11-6-12-21(14-15-7-2-1-3-8-15)18(23)13-20-16-9-4-5-10-17(16)22(24)25;/h1-5,7-10,20H,6,11-14,19H2;1H. The molecule has 8 heteroatoms. The van der Waals surface area contributed by atoms with Crippen molar-refractivity contribution in [3.05, 3.63) is 70.3 Å². The first-order valence-corrected chi connectivity index (χ1v) is 8.11. The maximum Gasteiger partial charge on any atom is 0.292 e. The third-order valence-electron chi connectivity index (χ3n) is 3.73. The number of nitrogens with one attached hydrogen (secondary N) is 1. The van der Waals surface area contributed by atoms with Crippen molar-refractivity contribution in [1.82, 2.24) is 4.90 Å². The summed E-state index contributed by atoms with van der Waals surface area (Å²) in [5, 5.41) is 13.9. The van der Waals surface area contributed by atoms with Gasteiger partial charge in [-0.2, -0.15) is 0 Å². The number of carbonyl (C=O) groups is 1. The van der Waals surface area contributed by atoms with Crippen LogP contribution in [-0.2, 0) is 11.3 Å². The molecule has 0 aliphatic rings. The largest absolute Gasteiger partial charge is 0.371 e. The van der Waals surface area contributed by atoms with E-state index in [-0.39, 0.29) is 30.5 Å². The number of nitro benzene ring substituents is 1. The fraction of sp³-hybridized carbons (Fsp3) is 0.278. The molecule has 0 aromatic heterocycles. The van der Waals surface area contributed by atoms with Crippen LogP contribution in [0.4, 0.5) is 11.4 Å². The maximum absolute atomic E-state index is 12.6. The fourth-order valence-corrected chi connectivity index (χ4v) is 2.44. The minimum absolute atomic E-state index is 0. The SMILES string of the molecule is Cl.NCCCN(Cc1ccccc1)C(=O)CNc1ccccc1[N+](=O)[O-]. The van der Waals surface area contributed by atoms with Crippen molar-refractivity contribution in [2.45, 2.75) is 13.0 Å². The molecule has 0 saturated carbocycles. The highest BCUT2D eigenvalue weighted by Crippen LogP contribution is 2.22. The molecule has 2 aromatic carbocycles. The predicted molar refractivity (Wildman–Crippen MR) is 104 cm³/mol. The zero-order valence-corrected chi connectivity index (χ0v) is 15.2. The van der Waals surface area contributed by atoms with E-state index in [1.165, 1.54) is 6.07 Å². The van der Waals surface area contributed by atoms with Gasteiger partial charge in [-0.1, -0.05) is 42.5 Å². The molecule has 140 valence electrons. The van der Waals surface area contributed by atoms with Crippen LogP contribution in [0.5, 0.6) is 0 Å². The first kappa shape index (κ1) is 21.4. The van der Waals surface area contributed by atoms with Crippen LogP contribution < -0.4 is 11.1 Å². The number of para-hydroxylation sites is 2. The molecule has 0 bridgehead atoms. The van der Waals surface area contributed by atoms with Gasteiger partial charge in [-0.15, -0.1) is 12.4 Å². The van der Waals surface area contributed by atoms with E-state index in [2.05, 4.69) is 5.32 Å². The summed E-state index contributed by atoms with van der Waals surface area (Å²) in [5.74, 6) is -0.129. The Balaban J connectivity index is 0.00000338. The minimum atomic E-state index is -0.469. The molecule has 0 aliphatic heterocycles. The summed E-state index contributed by atoms with van der Waals surface area (Å²) in [4.78, 5) is 24.8. The van der Waals surface area contributed by atoms with Gasteiger partial charge < -0.3 is 16.0 Å². The van der Waals surface area contributed by atoms with Gasteiger partial charge in [-0.25, -0.2) is 0 Å². The van der Waals surface area contributed by atoms with Crippen LogP contribution in [0.3, 0.4) is 0 Å². The lowest BCUT2D eigenvalue weighted by atomic mass is 10.2. The van der Waals surface area contributed by atoms with Crippen molar-refractivity contribution in [1.29, 1.82) is 0 Å². The Morgan fingerprint density at radius 2 is 1.77 bits per heavy atom. The lowest BCUT2D eigenvalue weighted by Crippen LogP contribution is -2.36. The number of benzene rings is 2. The van der Waals surface area contributed by atoms with E-state index in [9.17, 15) is 14.9 Å². The van der Waals surface area contributed by atoms with Crippen molar-refractivity contribution < 1.29 is 9.72 Å². The second kappa shape index (κ2) is 11.1. The molecule has 1 amide bonds. The Bertz CT molecular complexity index is 713. The smallest absolute Gasteiger partial charge is 0.292 e. The minimum Gasteiger partial charge on any atom is -0.371 e. The molecule has 0 atom stereocenters. The molecular formula is C18H23ClN4O3. The van der Waals surface area contributed by atoms with E-state index in [0.717, 1.165) is 5.56 Å². The summed E-state index contributed by atoms with van der Waals surface area (Å²) in [6.07, 6.45) is 0.698. The number of nitrogens with two attached hydrogens (primary N) is 1. The lowest BCUT2D eigenvalue weighted by molar-refractivity contribution is -0.383. The molecule has 0 radical (unpaired) electrons. The van der Waals surface area contributed by atoms with Gasteiger partial charge in [0.1, 0.15) is 5.69 Å². The zero-order valence-electron chi connectivity index (χ0n) is 14.3. The highest BCUT2D eigenvalue weighted by molar-refractivity contribution is 5.85. The van der Waals surface area contributed by atoms with Crippen LogP contribution >= 0.6 is 12.4 Å². The van der Waals surface area contributed by atoms with E-state index >= 15 is 0 Å². The predicted octanol–water partition coefficient (Wildman–Crippen LogP) is 2.81. The van der Waals surface area contributed by atoms with Crippen LogP contribution in [0, 0.1) is 10.1 Å².